The van der Waals surface area contributed by atoms with E-state index in [2.05, 4.69) is 23.8 Å². The Morgan fingerprint density at radius 3 is 2.52 bits per heavy atom. The van der Waals surface area contributed by atoms with Crippen LogP contribution in [0.1, 0.15) is 27.2 Å². The predicted octanol–water partition coefficient (Wildman–Crippen LogP) is 3.97. The van der Waals surface area contributed by atoms with Crippen molar-refractivity contribution in [3.8, 4) is 23.0 Å². The smallest absolute Gasteiger partial charge is 0.317 e. The van der Waals surface area contributed by atoms with Crippen LogP contribution in [0.5, 0.6) is 11.8 Å². The molecule has 0 saturated heterocycles. The highest BCUT2D eigenvalue weighted by atomic mass is 16.5. The normalized spacial score (nSPS) is 12.0. The maximum absolute atomic E-state index is 5.68. The SMILES string of the molecule is CCOc1cnc(OCC(C)CC)nc1-c1ccccc1. The lowest BCUT2D eigenvalue weighted by Crippen LogP contribution is -2.10. The van der Waals surface area contributed by atoms with Crippen LogP contribution in [0.4, 0.5) is 0 Å². The standard InChI is InChI=1S/C17H22N2O2/c1-4-13(3)12-21-17-18-11-15(20-5-2)16(19-17)14-9-7-6-8-10-14/h6-11,13H,4-5,12H2,1-3H3. The molecule has 4 nitrogen and oxygen atoms in total. The van der Waals surface area contributed by atoms with Crippen molar-refractivity contribution < 1.29 is 9.47 Å². The Balaban J connectivity index is 2.26. The van der Waals surface area contributed by atoms with Crippen molar-refractivity contribution in [2.75, 3.05) is 13.2 Å². The molecule has 4 heteroatoms. The number of rotatable bonds is 7. The van der Waals surface area contributed by atoms with Crippen molar-refractivity contribution in [3.63, 3.8) is 0 Å². The summed E-state index contributed by atoms with van der Waals surface area (Å²) in [7, 11) is 0. The van der Waals surface area contributed by atoms with Gasteiger partial charge in [-0.1, -0.05) is 50.6 Å². The molecule has 0 radical (unpaired) electrons. The van der Waals surface area contributed by atoms with E-state index in [-0.39, 0.29) is 0 Å². The van der Waals surface area contributed by atoms with Crippen LogP contribution in [0.15, 0.2) is 36.5 Å². The maximum Gasteiger partial charge on any atom is 0.317 e. The van der Waals surface area contributed by atoms with Crippen molar-refractivity contribution in [1.29, 1.82) is 0 Å². The van der Waals surface area contributed by atoms with Gasteiger partial charge in [0, 0.05) is 5.56 Å². The molecule has 0 amide bonds. The average molecular weight is 286 g/mol. The summed E-state index contributed by atoms with van der Waals surface area (Å²) in [5.74, 6) is 1.17. The number of hydrogen-bond acceptors (Lipinski definition) is 4. The van der Waals surface area contributed by atoms with Gasteiger partial charge in [-0.3, -0.25) is 0 Å². The Labute approximate surface area is 126 Å². The molecule has 1 aromatic carbocycles. The summed E-state index contributed by atoms with van der Waals surface area (Å²) in [5, 5.41) is 0. The molecule has 2 rings (SSSR count). The lowest BCUT2D eigenvalue weighted by molar-refractivity contribution is 0.237. The van der Waals surface area contributed by atoms with Crippen LogP contribution in [0.25, 0.3) is 11.3 Å². The first kappa shape index (κ1) is 15.3. The van der Waals surface area contributed by atoms with E-state index in [4.69, 9.17) is 9.47 Å². The number of ether oxygens (including phenoxy) is 2. The van der Waals surface area contributed by atoms with Crippen molar-refractivity contribution >= 4 is 0 Å². The van der Waals surface area contributed by atoms with Gasteiger partial charge in [0.1, 0.15) is 5.69 Å². The average Bonchev–Trinajstić information content (AvgIpc) is 2.54. The zero-order valence-electron chi connectivity index (χ0n) is 12.9. The molecule has 1 atom stereocenters. The summed E-state index contributed by atoms with van der Waals surface area (Å²) in [6.45, 7) is 7.44. The second kappa shape index (κ2) is 7.62. The fraction of sp³-hybridized carbons (Fsp3) is 0.412. The highest BCUT2D eigenvalue weighted by Gasteiger charge is 2.12. The van der Waals surface area contributed by atoms with E-state index in [1.807, 2.05) is 37.3 Å². The second-order valence-corrected chi connectivity index (χ2v) is 4.99. The minimum Gasteiger partial charge on any atom is -0.490 e. The lowest BCUT2D eigenvalue weighted by Gasteiger charge is -2.13. The fourth-order valence-electron chi connectivity index (χ4n) is 1.82. The summed E-state index contributed by atoms with van der Waals surface area (Å²) in [6.07, 6.45) is 2.76. The van der Waals surface area contributed by atoms with Gasteiger partial charge in [0.25, 0.3) is 0 Å². The Hall–Kier alpha value is -2.10. The minimum atomic E-state index is 0.401. The third-order valence-electron chi connectivity index (χ3n) is 3.27. The van der Waals surface area contributed by atoms with Crippen LogP contribution < -0.4 is 9.47 Å². The summed E-state index contributed by atoms with van der Waals surface area (Å²) >= 11 is 0. The minimum absolute atomic E-state index is 0.401. The zero-order chi connectivity index (χ0) is 15.1. The molecule has 0 aliphatic rings. The molecule has 1 unspecified atom stereocenters. The van der Waals surface area contributed by atoms with Crippen molar-refractivity contribution in [1.82, 2.24) is 9.97 Å². The van der Waals surface area contributed by atoms with E-state index >= 15 is 0 Å². The van der Waals surface area contributed by atoms with Crippen molar-refractivity contribution in [2.45, 2.75) is 27.2 Å². The monoisotopic (exact) mass is 286 g/mol. The third kappa shape index (κ3) is 4.18. The summed E-state index contributed by atoms with van der Waals surface area (Å²) in [6, 6.07) is 10.3. The molecule has 1 aromatic heterocycles. The molecular formula is C17H22N2O2. The highest BCUT2D eigenvalue weighted by molar-refractivity contribution is 5.65. The first-order valence-electron chi connectivity index (χ1n) is 7.42. The molecule has 112 valence electrons. The first-order chi connectivity index (χ1) is 10.2. The zero-order valence-corrected chi connectivity index (χ0v) is 12.9. The fourth-order valence-corrected chi connectivity index (χ4v) is 1.82. The molecular weight excluding hydrogens is 264 g/mol. The van der Waals surface area contributed by atoms with E-state index in [0.29, 0.717) is 30.9 Å². The Morgan fingerprint density at radius 2 is 1.86 bits per heavy atom. The molecule has 0 spiro atoms. The molecule has 0 fully saturated rings. The Kier molecular flexibility index (Phi) is 5.55. The van der Waals surface area contributed by atoms with Gasteiger partial charge in [0.15, 0.2) is 5.75 Å². The summed E-state index contributed by atoms with van der Waals surface area (Å²) in [5.41, 5.74) is 1.77. The topological polar surface area (TPSA) is 44.2 Å². The first-order valence-corrected chi connectivity index (χ1v) is 7.42. The van der Waals surface area contributed by atoms with Gasteiger partial charge in [0.2, 0.25) is 0 Å². The van der Waals surface area contributed by atoms with Crippen LogP contribution in [-0.2, 0) is 0 Å². The van der Waals surface area contributed by atoms with Crippen LogP contribution in [0, 0.1) is 5.92 Å². The van der Waals surface area contributed by atoms with Gasteiger partial charge >= 0.3 is 6.01 Å². The predicted molar refractivity (Wildman–Crippen MR) is 83.6 cm³/mol. The summed E-state index contributed by atoms with van der Waals surface area (Å²) in [4.78, 5) is 8.74. The lowest BCUT2D eigenvalue weighted by atomic mass is 10.1. The number of hydrogen-bond donors (Lipinski definition) is 0. The van der Waals surface area contributed by atoms with Gasteiger partial charge in [-0.05, 0) is 12.8 Å². The molecule has 1 heterocycles. The van der Waals surface area contributed by atoms with Gasteiger partial charge in [-0.2, -0.15) is 9.97 Å². The van der Waals surface area contributed by atoms with E-state index < -0.39 is 0 Å². The van der Waals surface area contributed by atoms with Crippen LogP contribution in [-0.4, -0.2) is 23.2 Å². The van der Waals surface area contributed by atoms with Crippen molar-refractivity contribution in [2.24, 2.45) is 5.92 Å². The largest absolute Gasteiger partial charge is 0.490 e. The molecule has 21 heavy (non-hydrogen) atoms. The third-order valence-corrected chi connectivity index (χ3v) is 3.27. The Morgan fingerprint density at radius 1 is 1.10 bits per heavy atom. The summed E-state index contributed by atoms with van der Waals surface area (Å²) < 4.78 is 11.3. The molecule has 0 bridgehead atoms. The van der Waals surface area contributed by atoms with E-state index in [9.17, 15) is 0 Å². The number of aromatic nitrogens is 2. The molecule has 0 aliphatic heterocycles. The van der Waals surface area contributed by atoms with Gasteiger partial charge < -0.3 is 9.47 Å². The van der Waals surface area contributed by atoms with Gasteiger partial charge in [-0.25, -0.2) is 0 Å². The van der Waals surface area contributed by atoms with E-state index in [0.717, 1.165) is 17.7 Å². The van der Waals surface area contributed by atoms with E-state index in [1.165, 1.54) is 0 Å². The number of nitrogens with zero attached hydrogens (tertiary/aromatic N) is 2. The molecule has 2 aromatic rings. The van der Waals surface area contributed by atoms with Crippen molar-refractivity contribution in [3.05, 3.63) is 36.5 Å². The Bertz CT molecular complexity index is 558. The van der Waals surface area contributed by atoms with Crippen LogP contribution in [0.3, 0.4) is 0 Å². The van der Waals surface area contributed by atoms with Gasteiger partial charge in [-0.15, -0.1) is 0 Å². The van der Waals surface area contributed by atoms with Crippen LogP contribution >= 0.6 is 0 Å². The number of benzene rings is 1. The second-order valence-electron chi connectivity index (χ2n) is 4.99. The quantitative estimate of drug-likeness (QED) is 0.772. The maximum atomic E-state index is 5.68. The molecule has 0 aliphatic carbocycles. The highest BCUT2D eigenvalue weighted by Crippen LogP contribution is 2.28. The van der Waals surface area contributed by atoms with Crippen LogP contribution in [0.2, 0.25) is 0 Å². The molecule has 0 N–H and O–H groups in total. The molecule has 0 saturated carbocycles. The van der Waals surface area contributed by atoms with E-state index in [1.54, 1.807) is 6.20 Å². The van der Waals surface area contributed by atoms with Gasteiger partial charge in [0.05, 0.1) is 19.4 Å².